The van der Waals surface area contributed by atoms with Crippen LogP contribution in [0.5, 0.6) is 0 Å². The van der Waals surface area contributed by atoms with E-state index in [2.05, 4.69) is 22.5 Å². The van der Waals surface area contributed by atoms with E-state index in [1.807, 2.05) is 37.3 Å². The van der Waals surface area contributed by atoms with E-state index >= 15 is 0 Å². The zero-order chi connectivity index (χ0) is 16.9. The number of nitrogens with one attached hydrogen (secondary N) is 2. The Morgan fingerprint density at radius 1 is 1.31 bits per heavy atom. The fourth-order valence-corrected chi connectivity index (χ4v) is 3.20. The molecule has 26 heavy (non-hydrogen) atoms. The van der Waals surface area contributed by atoms with E-state index in [1.165, 1.54) is 0 Å². The number of benzene rings is 1. The molecule has 0 spiro atoms. The Labute approximate surface area is 167 Å². The zero-order valence-corrected chi connectivity index (χ0v) is 16.8. The van der Waals surface area contributed by atoms with Crippen LogP contribution < -0.4 is 10.6 Å². The summed E-state index contributed by atoms with van der Waals surface area (Å²) in [5.41, 5.74) is 1.88. The molecule has 1 aliphatic heterocycles. The highest BCUT2D eigenvalue weighted by Gasteiger charge is 2.20. The maximum Gasteiger partial charge on any atom is 0.220 e. The van der Waals surface area contributed by atoms with Crippen LogP contribution in [0.1, 0.15) is 37.8 Å². The molecule has 7 heteroatoms. The van der Waals surface area contributed by atoms with Gasteiger partial charge in [0.25, 0.3) is 0 Å². The van der Waals surface area contributed by atoms with Crippen molar-refractivity contribution in [2.45, 2.75) is 51.6 Å². The Bertz CT molecular complexity index is 691. The molecule has 1 fully saturated rings. The van der Waals surface area contributed by atoms with Crippen LogP contribution in [-0.4, -0.2) is 29.5 Å². The van der Waals surface area contributed by atoms with Gasteiger partial charge in [-0.25, -0.2) is 4.98 Å². The number of aryl methyl sites for hydroxylation is 2. The summed E-state index contributed by atoms with van der Waals surface area (Å²) in [6.45, 7) is 5.05. The number of rotatable bonds is 5. The highest BCUT2D eigenvalue weighted by molar-refractivity contribution is 5.85. The standard InChI is InChI=1S/C19H25N3O2.2ClH/c1-13-12-16(10-11-20-13)22-17(23)8-9-18-21-14(2)19(24-18)15-6-4-3-5-7-15;;/h3-7,13,16,20H,8-12H2,1-2H3,(H,22,23);2*1H. The van der Waals surface area contributed by atoms with Crippen LogP contribution >= 0.6 is 24.8 Å². The average Bonchev–Trinajstić information content (AvgIpc) is 2.95. The van der Waals surface area contributed by atoms with Crippen LogP contribution in [0, 0.1) is 6.92 Å². The van der Waals surface area contributed by atoms with E-state index in [0.717, 1.165) is 36.4 Å². The van der Waals surface area contributed by atoms with Gasteiger partial charge in [-0.1, -0.05) is 30.3 Å². The van der Waals surface area contributed by atoms with E-state index in [4.69, 9.17) is 4.42 Å². The van der Waals surface area contributed by atoms with Crippen molar-refractivity contribution in [1.29, 1.82) is 0 Å². The molecule has 0 saturated carbocycles. The molecular formula is C19H27Cl2N3O2. The molecule has 0 aliphatic carbocycles. The average molecular weight is 400 g/mol. The van der Waals surface area contributed by atoms with Gasteiger partial charge in [-0.15, -0.1) is 24.8 Å². The van der Waals surface area contributed by atoms with Crippen molar-refractivity contribution in [3.8, 4) is 11.3 Å². The lowest BCUT2D eigenvalue weighted by Gasteiger charge is -2.28. The van der Waals surface area contributed by atoms with Gasteiger partial charge in [0.05, 0.1) is 5.69 Å². The van der Waals surface area contributed by atoms with Gasteiger partial charge >= 0.3 is 0 Å². The topological polar surface area (TPSA) is 67.2 Å². The lowest BCUT2D eigenvalue weighted by Crippen LogP contribution is -2.46. The number of carbonyl (C=O) groups excluding carboxylic acids is 1. The van der Waals surface area contributed by atoms with E-state index in [1.54, 1.807) is 0 Å². The quantitative estimate of drug-likeness (QED) is 0.804. The van der Waals surface area contributed by atoms with Crippen molar-refractivity contribution in [1.82, 2.24) is 15.6 Å². The van der Waals surface area contributed by atoms with Gasteiger partial charge < -0.3 is 15.1 Å². The van der Waals surface area contributed by atoms with E-state index < -0.39 is 0 Å². The number of amides is 1. The SMILES string of the molecule is Cc1nc(CCC(=O)NC2CCNC(C)C2)oc1-c1ccccc1.Cl.Cl. The Balaban J connectivity index is 0.00000169. The van der Waals surface area contributed by atoms with Crippen LogP contribution in [0.2, 0.25) is 0 Å². The van der Waals surface area contributed by atoms with Crippen LogP contribution in [0.3, 0.4) is 0 Å². The molecule has 2 N–H and O–H groups in total. The molecule has 1 aliphatic rings. The minimum Gasteiger partial charge on any atom is -0.440 e. The van der Waals surface area contributed by atoms with Crippen molar-refractivity contribution in [2.24, 2.45) is 0 Å². The van der Waals surface area contributed by atoms with Crippen LogP contribution in [0.4, 0.5) is 0 Å². The summed E-state index contributed by atoms with van der Waals surface area (Å²) in [7, 11) is 0. The Kier molecular flexibility index (Phi) is 9.13. The van der Waals surface area contributed by atoms with Crippen LogP contribution in [-0.2, 0) is 11.2 Å². The monoisotopic (exact) mass is 399 g/mol. The normalized spacial score (nSPS) is 19.2. The fourth-order valence-electron chi connectivity index (χ4n) is 3.20. The smallest absolute Gasteiger partial charge is 0.220 e. The van der Waals surface area contributed by atoms with E-state index in [0.29, 0.717) is 24.8 Å². The summed E-state index contributed by atoms with van der Waals surface area (Å²) in [6, 6.07) is 10.7. The van der Waals surface area contributed by atoms with Crippen molar-refractivity contribution in [2.75, 3.05) is 6.54 Å². The predicted molar refractivity (Wildman–Crippen MR) is 108 cm³/mol. The number of oxazole rings is 1. The molecule has 2 heterocycles. The first-order valence-electron chi connectivity index (χ1n) is 8.66. The summed E-state index contributed by atoms with van der Waals surface area (Å²) in [5, 5.41) is 6.52. The van der Waals surface area contributed by atoms with Crippen molar-refractivity contribution >= 4 is 30.7 Å². The molecule has 2 aromatic rings. The lowest BCUT2D eigenvalue weighted by molar-refractivity contribution is -0.122. The molecule has 5 nitrogen and oxygen atoms in total. The molecule has 1 amide bonds. The van der Waals surface area contributed by atoms with Gasteiger partial charge in [0.1, 0.15) is 0 Å². The Morgan fingerprint density at radius 2 is 2.04 bits per heavy atom. The highest BCUT2D eigenvalue weighted by atomic mass is 35.5. The predicted octanol–water partition coefficient (Wildman–Crippen LogP) is 3.68. The second kappa shape index (κ2) is 10.6. The third kappa shape index (κ3) is 6.01. The van der Waals surface area contributed by atoms with E-state index in [-0.39, 0.29) is 36.8 Å². The maximum absolute atomic E-state index is 12.2. The first kappa shape index (κ1) is 22.5. The van der Waals surface area contributed by atoms with Crippen molar-refractivity contribution < 1.29 is 9.21 Å². The van der Waals surface area contributed by atoms with E-state index in [9.17, 15) is 4.79 Å². The molecule has 0 radical (unpaired) electrons. The third-order valence-corrected chi connectivity index (χ3v) is 4.43. The molecule has 1 aromatic heterocycles. The summed E-state index contributed by atoms with van der Waals surface area (Å²) < 4.78 is 5.86. The van der Waals surface area contributed by atoms with Gasteiger partial charge in [-0.2, -0.15) is 0 Å². The number of nitrogens with zero attached hydrogens (tertiary/aromatic N) is 1. The molecule has 2 unspecified atom stereocenters. The number of halogens is 2. The number of hydrogen-bond acceptors (Lipinski definition) is 4. The summed E-state index contributed by atoms with van der Waals surface area (Å²) >= 11 is 0. The number of piperidine rings is 1. The molecule has 1 aromatic carbocycles. The molecule has 0 bridgehead atoms. The van der Waals surface area contributed by atoms with Gasteiger partial charge in [0.15, 0.2) is 11.7 Å². The maximum atomic E-state index is 12.2. The van der Waals surface area contributed by atoms with Crippen molar-refractivity contribution in [3.63, 3.8) is 0 Å². The Hall–Kier alpha value is -1.56. The number of hydrogen-bond donors (Lipinski definition) is 2. The molecular weight excluding hydrogens is 373 g/mol. The first-order chi connectivity index (χ1) is 11.6. The second-order valence-corrected chi connectivity index (χ2v) is 6.53. The second-order valence-electron chi connectivity index (χ2n) is 6.53. The summed E-state index contributed by atoms with van der Waals surface area (Å²) in [4.78, 5) is 16.6. The van der Waals surface area contributed by atoms with Crippen LogP contribution in [0.25, 0.3) is 11.3 Å². The summed E-state index contributed by atoms with van der Waals surface area (Å²) in [5.74, 6) is 1.49. The fraction of sp³-hybridized carbons (Fsp3) is 0.474. The summed E-state index contributed by atoms with van der Waals surface area (Å²) in [6.07, 6.45) is 2.92. The molecule has 1 saturated heterocycles. The number of aromatic nitrogens is 1. The van der Waals surface area contributed by atoms with Crippen molar-refractivity contribution in [3.05, 3.63) is 41.9 Å². The number of carbonyl (C=O) groups is 1. The largest absolute Gasteiger partial charge is 0.440 e. The molecule has 2 atom stereocenters. The minimum absolute atomic E-state index is 0. The Morgan fingerprint density at radius 3 is 2.73 bits per heavy atom. The molecule has 144 valence electrons. The minimum atomic E-state index is 0. The molecule has 3 rings (SSSR count). The zero-order valence-electron chi connectivity index (χ0n) is 15.2. The van der Waals surface area contributed by atoms with Gasteiger partial charge in [-0.05, 0) is 33.2 Å². The first-order valence-corrected chi connectivity index (χ1v) is 8.66. The van der Waals surface area contributed by atoms with Crippen LogP contribution in [0.15, 0.2) is 34.7 Å². The highest BCUT2D eigenvalue weighted by Crippen LogP contribution is 2.24. The third-order valence-electron chi connectivity index (χ3n) is 4.43. The van der Waals surface area contributed by atoms with Gasteiger partial charge in [0, 0.05) is 30.5 Å². The van der Waals surface area contributed by atoms with Gasteiger partial charge in [0.2, 0.25) is 5.91 Å². The van der Waals surface area contributed by atoms with Gasteiger partial charge in [-0.3, -0.25) is 4.79 Å². The lowest BCUT2D eigenvalue weighted by atomic mass is 10.0.